The summed E-state index contributed by atoms with van der Waals surface area (Å²) in [5, 5.41) is 0. The molecule has 0 N–H and O–H groups in total. The number of unbranched alkanes of at least 4 members (excludes halogenated alkanes) is 33. The van der Waals surface area contributed by atoms with E-state index in [1.54, 1.807) is 0 Å². The topological polar surface area (TPSA) is 78.9 Å². The minimum Gasteiger partial charge on any atom is -0.462 e. The molecule has 0 aliphatic carbocycles. The number of esters is 3. The Labute approximate surface area is 380 Å². The summed E-state index contributed by atoms with van der Waals surface area (Å²) in [5.74, 6) is 0.859. The van der Waals surface area contributed by atoms with Gasteiger partial charge in [0.1, 0.15) is 13.2 Å². The lowest BCUT2D eigenvalue weighted by molar-refractivity contribution is -0.167. The van der Waals surface area contributed by atoms with Crippen LogP contribution in [-0.2, 0) is 28.6 Å². The molecule has 6 heteroatoms. The predicted octanol–water partition coefficient (Wildman–Crippen LogP) is 17.7. The Bertz CT molecular complexity index is 933. The summed E-state index contributed by atoms with van der Waals surface area (Å²) in [6, 6.07) is 0. The van der Waals surface area contributed by atoms with E-state index in [9.17, 15) is 14.4 Å². The Kier molecular flexibility index (Phi) is 46.6. The van der Waals surface area contributed by atoms with Crippen molar-refractivity contribution in [3.05, 3.63) is 0 Å². The van der Waals surface area contributed by atoms with Crippen LogP contribution in [0.25, 0.3) is 0 Å². The molecule has 6 nitrogen and oxygen atoms in total. The van der Waals surface area contributed by atoms with Crippen molar-refractivity contribution in [2.45, 2.75) is 310 Å². The van der Waals surface area contributed by atoms with E-state index in [1.807, 2.05) is 0 Å². The zero-order chi connectivity index (χ0) is 44.7. The van der Waals surface area contributed by atoms with Crippen LogP contribution >= 0.6 is 0 Å². The second-order valence-corrected chi connectivity index (χ2v) is 19.6. The van der Waals surface area contributed by atoms with E-state index in [1.165, 1.54) is 193 Å². The number of hydrogen-bond donors (Lipinski definition) is 0. The molecule has 0 spiro atoms. The van der Waals surface area contributed by atoms with Crippen LogP contribution in [0.5, 0.6) is 0 Å². The average molecular weight is 863 g/mol. The second-order valence-electron chi connectivity index (χ2n) is 19.6. The van der Waals surface area contributed by atoms with Crippen LogP contribution in [0.1, 0.15) is 304 Å². The monoisotopic (exact) mass is 863 g/mol. The third-order valence-corrected chi connectivity index (χ3v) is 12.8. The van der Waals surface area contributed by atoms with Gasteiger partial charge in [0.05, 0.1) is 0 Å². The van der Waals surface area contributed by atoms with Crippen LogP contribution in [0.4, 0.5) is 0 Å². The Morgan fingerprint density at radius 1 is 0.344 bits per heavy atom. The maximum absolute atomic E-state index is 12.7. The van der Waals surface area contributed by atoms with Gasteiger partial charge >= 0.3 is 17.9 Å². The summed E-state index contributed by atoms with van der Waals surface area (Å²) in [5.41, 5.74) is 0. The molecule has 0 aliphatic heterocycles. The normalized spacial score (nSPS) is 12.5. The van der Waals surface area contributed by atoms with Gasteiger partial charge in [0.25, 0.3) is 0 Å². The summed E-state index contributed by atoms with van der Waals surface area (Å²) in [6.07, 6.45) is 49.5. The Morgan fingerprint density at radius 2 is 0.623 bits per heavy atom. The van der Waals surface area contributed by atoms with E-state index in [4.69, 9.17) is 14.2 Å². The van der Waals surface area contributed by atoms with Crippen molar-refractivity contribution in [2.75, 3.05) is 13.2 Å². The zero-order valence-electron chi connectivity index (χ0n) is 41.8. The molecule has 0 bridgehead atoms. The van der Waals surface area contributed by atoms with Crippen molar-refractivity contribution in [1.82, 2.24) is 0 Å². The van der Waals surface area contributed by atoms with Crippen molar-refractivity contribution in [3.8, 4) is 0 Å². The van der Waals surface area contributed by atoms with Crippen molar-refractivity contribution in [1.29, 1.82) is 0 Å². The number of hydrogen-bond acceptors (Lipinski definition) is 6. The lowest BCUT2D eigenvalue weighted by Gasteiger charge is -2.18. The van der Waals surface area contributed by atoms with E-state index >= 15 is 0 Å². The maximum Gasteiger partial charge on any atom is 0.306 e. The van der Waals surface area contributed by atoms with Gasteiger partial charge in [-0.3, -0.25) is 14.4 Å². The van der Waals surface area contributed by atoms with Gasteiger partial charge in [-0.1, -0.05) is 266 Å². The predicted molar refractivity (Wildman–Crippen MR) is 261 cm³/mol. The highest BCUT2D eigenvalue weighted by Gasteiger charge is 2.19. The standard InChI is InChI=1S/C55H106O6/c1-6-8-9-10-11-12-24-32-37-42-47-55(58)61-52(49-60-54(57)46-41-36-31-27-26-29-34-39-44-51(5)7-2)48-59-53(56)45-40-35-30-25-22-20-18-16-14-13-15-17-19-21-23-28-33-38-43-50(3)4/h50-52H,6-49H2,1-5H3/t51?,52-/m0/s1. The van der Waals surface area contributed by atoms with Crippen LogP contribution in [-0.4, -0.2) is 37.2 Å². The molecular weight excluding hydrogens is 757 g/mol. The van der Waals surface area contributed by atoms with E-state index in [-0.39, 0.29) is 31.1 Å². The molecule has 0 aliphatic rings. The van der Waals surface area contributed by atoms with Crippen LogP contribution in [0.3, 0.4) is 0 Å². The molecule has 0 aromatic heterocycles. The van der Waals surface area contributed by atoms with Crippen molar-refractivity contribution >= 4 is 17.9 Å². The van der Waals surface area contributed by atoms with Gasteiger partial charge in [0, 0.05) is 19.3 Å². The minimum absolute atomic E-state index is 0.0636. The summed E-state index contributed by atoms with van der Waals surface area (Å²) in [6.45, 7) is 11.4. The fourth-order valence-corrected chi connectivity index (χ4v) is 8.31. The van der Waals surface area contributed by atoms with Crippen molar-refractivity contribution in [3.63, 3.8) is 0 Å². The first-order valence-electron chi connectivity index (χ1n) is 27.3. The van der Waals surface area contributed by atoms with Crippen LogP contribution in [0.2, 0.25) is 0 Å². The molecule has 1 unspecified atom stereocenters. The summed E-state index contributed by atoms with van der Waals surface area (Å²) >= 11 is 0. The van der Waals surface area contributed by atoms with E-state index in [0.29, 0.717) is 19.3 Å². The zero-order valence-corrected chi connectivity index (χ0v) is 41.8. The first-order valence-corrected chi connectivity index (χ1v) is 27.3. The molecule has 0 saturated heterocycles. The molecule has 0 aromatic carbocycles. The van der Waals surface area contributed by atoms with Crippen LogP contribution < -0.4 is 0 Å². The average Bonchev–Trinajstić information content (AvgIpc) is 3.24. The van der Waals surface area contributed by atoms with Gasteiger partial charge in [-0.25, -0.2) is 0 Å². The molecule has 0 heterocycles. The molecule has 0 saturated carbocycles. The highest BCUT2D eigenvalue weighted by Crippen LogP contribution is 2.18. The van der Waals surface area contributed by atoms with Gasteiger partial charge < -0.3 is 14.2 Å². The van der Waals surface area contributed by atoms with Crippen molar-refractivity contribution in [2.24, 2.45) is 11.8 Å². The van der Waals surface area contributed by atoms with Crippen molar-refractivity contribution < 1.29 is 28.6 Å². The first kappa shape index (κ1) is 59.4. The van der Waals surface area contributed by atoms with Crippen LogP contribution in [0.15, 0.2) is 0 Å². The number of rotatable bonds is 49. The lowest BCUT2D eigenvalue weighted by atomic mass is 9.99. The molecule has 61 heavy (non-hydrogen) atoms. The quantitative estimate of drug-likeness (QED) is 0.0344. The molecule has 0 aromatic rings. The fraction of sp³-hybridized carbons (Fsp3) is 0.945. The minimum atomic E-state index is -0.761. The van der Waals surface area contributed by atoms with Gasteiger partial charge in [-0.2, -0.15) is 0 Å². The first-order chi connectivity index (χ1) is 29.8. The molecule has 0 amide bonds. The van der Waals surface area contributed by atoms with Gasteiger partial charge in [-0.15, -0.1) is 0 Å². The van der Waals surface area contributed by atoms with E-state index < -0.39 is 6.10 Å². The van der Waals surface area contributed by atoms with Crippen LogP contribution in [0, 0.1) is 11.8 Å². The van der Waals surface area contributed by atoms with Gasteiger partial charge in [0.2, 0.25) is 0 Å². The molecule has 0 rings (SSSR count). The Morgan fingerprint density at radius 3 is 0.934 bits per heavy atom. The maximum atomic E-state index is 12.7. The molecule has 2 atom stereocenters. The molecule has 0 radical (unpaired) electrons. The lowest BCUT2D eigenvalue weighted by Crippen LogP contribution is -2.30. The highest BCUT2D eigenvalue weighted by atomic mass is 16.6. The van der Waals surface area contributed by atoms with Gasteiger partial charge in [0.15, 0.2) is 6.10 Å². The third kappa shape index (κ3) is 47.7. The van der Waals surface area contributed by atoms with Gasteiger partial charge in [-0.05, 0) is 31.1 Å². The summed E-state index contributed by atoms with van der Waals surface area (Å²) in [4.78, 5) is 37.9. The number of ether oxygens (including phenoxy) is 3. The molecule has 362 valence electrons. The number of carbonyl (C=O) groups excluding carboxylic acids is 3. The smallest absolute Gasteiger partial charge is 0.306 e. The van der Waals surface area contributed by atoms with E-state index in [0.717, 1.165) is 69.6 Å². The van der Waals surface area contributed by atoms with E-state index in [2.05, 4.69) is 34.6 Å². The Hall–Kier alpha value is -1.59. The SMILES string of the molecule is CCCCCCCCCCCCC(=O)O[C@@H](COC(=O)CCCCCCCCCCCCCCCCCCCCC(C)C)COC(=O)CCCCCCCCCCC(C)CC. The molecule has 0 fully saturated rings. The largest absolute Gasteiger partial charge is 0.462 e. The second kappa shape index (κ2) is 47.9. The summed E-state index contributed by atoms with van der Waals surface area (Å²) in [7, 11) is 0. The Balaban J connectivity index is 4.19. The fourth-order valence-electron chi connectivity index (χ4n) is 8.31. The highest BCUT2D eigenvalue weighted by molar-refractivity contribution is 5.71. The molecular formula is C55H106O6. The third-order valence-electron chi connectivity index (χ3n) is 12.8. The number of carbonyl (C=O) groups is 3. The summed E-state index contributed by atoms with van der Waals surface area (Å²) < 4.78 is 16.8.